The highest BCUT2D eigenvalue weighted by atomic mass is 31.0. The van der Waals surface area contributed by atoms with E-state index in [1.807, 2.05) is 27.7 Å². The molecule has 1 fully saturated rings. The van der Waals surface area contributed by atoms with E-state index in [2.05, 4.69) is 14.2 Å². The lowest BCUT2D eigenvalue weighted by molar-refractivity contribution is -0.141. The summed E-state index contributed by atoms with van der Waals surface area (Å²) < 4.78 is 44.9. The Bertz CT molecular complexity index is 551. The number of hydrogen-bond acceptors (Lipinski definition) is 2. The molecule has 1 aliphatic carbocycles. The molecule has 0 N–H and O–H groups in total. The topological polar surface area (TPSA) is 22.1 Å². The zero-order chi connectivity index (χ0) is 16.8. The van der Waals surface area contributed by atoms with Gasteiger partial charge in [0.15, 0.2) is 0 Å². The second-order valence-corrected chi connectivity index (χ2v) is 8.52. The van der Waals surface area contributed by atoms with Crippen LogP contribution in [0.2, 0.25) is 0 Å². The Morgan fingerprint density at radius 2 is 1.77 bits per heavy atom. The Balaban J connectivity index is 2.22. The summed E-state index contributed by atoms with van der Waals surface area (Å²) in [6, 6.07) is 2.84. The molecule has 7 heteroatoms. The van der Waals surface area contributed by atoms with Crippen LogP contribution in [0.4, 0.5) is 13.2 Å². The Morgan fingerprint density at radius 3 is 2.23 bits per heavy atom. The average Bonchev–Trinajstić information content (AvgIpc) is 3.18. The average molecular weight is 331 g/mol. The first-order chi connectivity index (χ1) is 9.90. The SMILES string of the molecule is CC(C)(P)C(C)(C)OBc1cc(C2CC2)nc(C(F)(F)F)c1. The highest BCUT2D eigenvalue weighted by Crippen LogP contribution is 2.40. The lowest BCUT2D eigenvalue weighted by Crippen LogP contribution is -2.45. The zero-order valence-corrected chi connectivity index (χ0v) is 14.6. The minimum atomic E-state index is -4.42. The van der Waals surface area contributed by atoms with E-state index in [1.165, 1.54) is 0 Å². The predicted molar refractivity (Wildman–Crippen MR) is 87.0 cm³/mol. The first-order valence-corrected chi connectivity index (χ1v) is 7.99. The first kappa shape index (κ1) is 17.7. The minimum Gasteiger partial charge on any atom is -0.429 e. The molecular weight excluding hydrogens is 309 g/mol. The Labute approximate surface area is 132 Å². The Hall–Kier alpha value is -0.605. The molecule has 1 aliphatic rings. The summed E-state index contributed by atoms with van der Waals surface area (Å²) in [5, 5.41) is -0.188. The van der Waals surface area contributed by atoms with Gasteiger partial charge in [-0.3, -0.25) is 0 Å². The fourth-order valence-corrected chi connectivity index (χ4v) is 1.96. The number of halogens is 3. The van der Waals surface area contributed by atoms with Crippen molar-refractivity contribution in [1.82, 2.24) is 4.98 Å². The van der Waals surface area contributed by atoms with Gasteiger partial charge < -0.3 is 4.65 Å². The zero-order valence-electron chi connectivity index (χ0n) is 13.4. The van der Waals surface area contributed by atoms with Crippen LogP contribution >= 0.6 is 9.24 Å². The number of alkyl halides is 3. The van der Waals surface area contributed by atoms with Gasteiger partial charge in [0, 0.05) is 16.8 Å². The van der Waals surface area contributed by atoms with Crippen molar-refractivity contribution >= 4 is 22.2 Å². The Kier molecular flexibility index (Phi) is 4.67. The van der Waals surface area contributed by atoms with Gasteiger partial charge in [0.25, 0.3) is 0 Å². The monoisotopic (exact) mass is 331 g/mol. The van der Waals surface area contributed by atoms with Crippen molar-refractivity contribution in [3.05, 3.63) is 23.5 Å². The third-order valence-electron chi connectivity index (χ3n) is 4.34. The van der Waals surface area contributed by atoms with Crippen LogP contribution in [0.3, 0.4) is 0 Å². The van der Waals surface area contributed by atoms with Crippen molar-refractivity contribution < 1.29 is 17.8 Å². The van der Waals surface area contributed by atoms with Gasteiger partial charge in [0.1, 0.15) is 5.69 Å². The van der Waals surface area contributed by atoms with Crippen LogP contribution < -0.4 is 5.46 Å². The van der Waals surface area contributed by atoms with Crippen LogP contribution in [0, 0.1) is 0 Å². The summed E-state index contributed by atoms with van der Waals surface area (Å²) in [5.41, 5.74) is -0.222. The van der Waals surface area contributed by atoms with Gasteiger partial charge in [-0.15, -0.1) is 9.24 Å². The molecule has 1 aromatic rings. The second kappa shape index (κ2) is 5.79. The molecule has 1 heterocycles. The van der Waals surface area contributed by atoms with Crippen LogP contribution in [0.1, 0.15) is 57.8 Å². The van der Waals surface area contributed by atoms with Gasteiger partial charge in [-0.05, 0) is 44.3 Å². The highest BCUT2D eigenvalue weighted by Gasteiger charge is 2.37. The van der Waals surface area contributed by atoms with Crippen LogP contribution in [0.15, 0.2) is 12.1 Å². The van der Waals surface area contributed by atoms with Crippen LogP contribution in [-0.4, -0.2) is 23.2 Å². The van der Waals surface area contributed by atoms with Gasteiger partial charge in [-0.25, -0.2) is 4.98 Å². The molecule has 1 unspecified atom stereocenters. The molecule has 1 saturated carbocycles. The summed E-state index contributed by atoms with van der Waals surface area (Å²) in [5.74, 6) is 0.173. The van der Waals surface area contributed by atoms with Crippen LogP contribution in [0.25, 0.3) is 0 Å². The van der Waals surface area contributed by atoms with Crippen LogP contribution in [0.5, 0.6) is 0 Å². The molecule has 1 aromatic heterocycles. The van der Waals surface area contributed by atoms with E-state index in [9.17, 15) is 13.2 Å². The minimum absolute atomic E-state index is 0.149. The maximum absolute atomic E-state index is 13.0. The van der Waals surface area contributed by atoms with E-state index in [-0.39, 0.29) is 18.6 Å². The molecule has 0 aromatic carbocycles. The maximum atomic E-state index is 13.0. The normalized spacial score (nSPS) is 16.7. The van der Waals surface area contributed by atoms with Gasteiger partial charge in [0.05, 0.1) is 5.60 Å². The molecule has 1 atom stereocenters. The third kappa shape index (κ3) is 4.23. The molecule has 0 aliphatic heterocycles. The fraction of sp³-hybridized carbons (Fsp3) is 0.667. The third-order valence-corrected chi connectivity index (χ3v) is 5.04. The molecule has 0 radical (unpaired) electrons. The fourth-order valence-electron chi connectivity index (χ4n) is 1.88. The predicted octanol–water partition coefficient (Wildman–Crippen LogP) is 3.40. The van der Waals surface area contributed by atoms with Crippen molar-refractivity contribution in [2.75, 3.05) is 0 Å². The number of rotatable bonds is 5. The molecule has 22 heavy (non-hydrogen) atoms. The van der Waals surface area contributed by atoms with E-state index in [4.69, 9.17) is 4.65 Å². The Morgan fingerprint density at radius 1 is 1.18 bits per heavy atom. The summed E-state index contributed by atoms with van der Waals surface area (Å²) >= 11 is 0. The van der Waals surface area contributed by atoms with Gasteiger partial charge in [-0.1, -0.05) is 13.8 Å². The van der Waals surface area contributed by atoms with Gasteiger partial charge in [0.2, 0.25) is 0 Å². The molecule has 0 bridgehead atoms. The van der Waals surface area contributed by atoms with Gasteiger partial charge >= 0.3 is 13.7 Å². The molecule has 122 valence electrons. The van der Waals surface area contributed by atoms with E-state index in [1.54, 1.807) is 6.07 Å². The van der Waals surface area contributed by atoms with Crippen molar-refractivity contribution in [2.24, 2.45) is 0 Å². The number of hydrogen-bond donors (Lipinski definition) is 0. The van der Waals surface area contributed by atoms with Crippen LogP contribution in [-0.2, 0) is 10.8 Å². The van der Waals surface area contributed by atoms with Crippen molar-refractivity contribution in [3.8, 4) is 0 Å². The number of pyridine rings is 1. The summed E-state index contributed by atoms with van der Waals surface area (Å²) in [7, 11) is 2.87. The smallest absolute Gasteiger partial charge is 0.429 e. The standard InChI is InChI=1S/C15H22BF3NOP/c1-13(2,14(3,4)22)21-16-10-7-11(9-5-6-9)20-12(8-10)15(17,18)19/h7-9,16H,5-6,22H2,1-4H3. The molecule has 2 nitrogen and oxygen atoms in total. The molecule has 2 rings (SSSR count). The molecular formula is C15H22BF3NOP. The maximum Gasteiger partial charge on any atom is 0.433 e. The molecule has 0 saturated heterocycles. The summed E-state index contributed by atoms with van der Waals surface area (Å²) in [4.78, 5) is 3.78. The molecule has 0 amide bonds. The largest absolute Gasteiger partial charge is 0.433 e. The summed E-state index contributed by atoms with van der Waals surface area (Å²) in [6.07, 6.45) is -2.59. The quantitative estimate of drug-likeness (QED) is 0.609. The van der Waals surface area contributed by atoms with Crippen molar-refractivity contribution in [3.63, 3.8) is 0 Å². The van der Waals surface area contributed by atoms with Gasteiger partial charge in [-0.2, -0.15) is 13.2 Å². The lowest BCUT2D eigenvalue weighted by atomic mass is 9.83. The summed E-state index contributed by atoms with van der Waals surface area (Å²) in [6.45, 7) is 7.91. The van der Waals surface area contributed by atoms with Crippen molar-refractivity contribution in [2.45, 2.75) is 63.4 Å². The van der Waals surface area contributed by atoms with E-state index in [0.29, 0.717) is 11.2 Å². The van der Waals surface area contributed by atoms with E-state index >= 15 is 0 Å². The second-order valence-electron chi connectivity index (χ2n) is 7.08. The first-order valence-electron chi connectivity index (χ1n) is 7.41. The molecule has 0 spiro atoms. The number of aromatic nitrogens is 1. The highest BCUT2D eigenvalue weighted by molar-refractivity contribution is 7.19. The number of nitrogens with zero attached hydrogens (tertiary/aromatic N) is 1. The van der Waals surface area contributed by atoms with E-state index < -0.39 is 17.5 Å². The lowest BCUT2D eigenvalue weighted by Gasteiger charge is -2.39. The van der Waals surface area contributed by atoms with Crippen molar-refractivity contribution in [1.29, 1.82) is 0 Å². The van der Waals surface area contributed by atoms with E-state index in [0.717, 1.165) is 18.9 Å².